The average molecular weight is 344 g/mol. The van der Waals surface area contributed by atoms with Gasteiger partial charge in [-0.2, -0.15) is 0 Å². The highest BCUT2D eigenvalue weighted by Gasteiger charge is 2.27. The molecule has 1 unspecified atom stereocenters. The number of rotatable bonds is 15. The van der Waals surface area contributed by atoms with Crippen LogP contribution in [0.15, 0.2) is 0 Å². The van der Waals surface area contributed by atoms with Gasteiger partial charge in [-0.3, -0.25) is 14.4 Å². The monoisotopic (exact) mass is 344 g/mol. The van der Waals surface area contributed by atoms with Crippen LogP contribution in [0.25, 0.3) is 0 Å². The zero-order chi connectivity index (χ0) is 18.2. The number of ketones is 1. The first kappa shape index (κ1) is 22.5. The van der Waals surface area contributed by atoms with Crippen molar-refractivity contribution in [1.29, 1.82) is 0 Å². The van der Waals surface area contributed by atoms with Crippen molar-refractivity contribution in [3.05, 3.63) is 0 Å². The zero-order valence-electron chi connectivity index (χ0n) is 15.2. The molecule has 0 heterocycles. The molecule has 7 nitrogen and oxygen atoms in total. The summed E-state index contributed by atoms with van der Waals surface area (Å²) in [4.78, 5) is 36.0. The molecule has 140 valence electrons. The fraction of sp³-hybridized carbons (Fsp3) is 0.824. The molecule has 0 aliphatic heterocycles. The molecule has 0 spiro atoms. The van der Waals surface area contributed by atoms with Crippen LogP contribution >= 0.6 is 0 Å². The van der Waals surface area contributed by atoms with Gasteiger partial charge in [0.25, 0.3) is 0 Å². The Balaban J connectivity index is 4.22. The minimum absolute atomic E-state index is 0.137. The highest BCUT2D eigenvalue weighted by Crippen LogP contribution is 2.10. The number of amides is 2. The summed E-state index contributed by atoms with van der Waals surface area (Å²) in [5.74, 6) is -1.92. The van der Waals surface area contributed by atoms with Crippen molar-refractivity contribution < 1.29 is 23.9 Å². The lowest BCUT2D eigenvalue weighted by Gasteiger charge is -2.14. The van der Waals surface area contributed by atoms with Gasteiger partial charge in [0.2, 0.25) is 11.8 Å². The quantitative estimate of drug-likeness (QED) is 0.342. The fourth-order valence-corrected chi connectivity index (χ4v) is 2.06. The third kappa shape index (κ3) is 11.1. The largest absolute Gasteiger partial charge is 0.381 e. The van der Waals surface area contributed by atoms with Gasteiger partial charge in [0.15, 0.2) is 0 Å². The lowest BCUT2D eigenvalue weighted by molar-refractivity contribution is -0.138. The van der Waals surface area contributed by atoms with E-state index in [0.717, 1.165) is 12.8 Å². The molecule has 2 amide bonds. The van der Waals surface area contributed by atoms with Gasteiger partial charge in [0, 0.05) is 46.3 Å². The highest BCUT2D eigenvalue weighted by atomic mass is 16.5. The van der Waals surface area contributed by atoms with Crippen LogP contribution in [0.2, 0.25) is 0 Å². The molecule has 2 N–H and O–H groups in total. The van der Waals surface area contributed by atoms with Crippen LogP contribution in [0.1, 0.15) is 46.0 Å². The number of nitrogens with one attached hydrogen (secondary N) is 2. The maximum atomic E-state index is 12.2. The average Bonchev–Trinajstić information content (AvgIpc) is 2.58. The van der Waals surface area contributed by atoms with E-state index in [2.05, 4.69) is 10.6 Å². The van der Waals surface area contributed by atoms with E-state index in [0.29, 0.717) is 39.4 Å². The second-order valence-corrected chi connectivity index (χ2v) is 5.52. The molecule has 0 aliphatic carbocycles. The van der Waals surface area contributed by atoms with E-state index < -0.39 is 11.8 Å². The molecule has 0 saturated carbocycles. The number of carbonyl (C=O) groups excluding carboxylic acids is 3. The summed E-state index contributed by atoms with van der Waals surface area (Å²) in [6.45, 7) is 6.61. The number of Topliss-reactive ketones (excluding diaryl/α,β-unsaturated/α-hetero) is 1. The van der Waals surface area contributed by atoms with Gasteiger partial charge in [-0.25, -0.2) is 0 Å². The van der Waals surface area contributed by atoms with E-state index in [1.807, 2.05) is 13.8 Å². The maximum Gasteiger partial charge on any atom is 0.230 e. The standard InChI is InChI=1S/C17H32N2O5/c1-4-9-23-11-6-7-15(20)14(17(22)18-3)13-16(21)19-8-12-24-10-5-2/h14H,4-13H2,1-3H3,(H,18,22)(H,19,21). The summed E-state index contributed by atoms with van der Waals surface area (Å²) in [5, 5.41) is 5.12. The Kier molecular flexibility index (Phi) is 14.2. The lowest BCUT2D eigenvalue weighted by atomic mass is 9.95. The number of hydrogen-bond acceptors (Lipinski definition) is 5. The minimum Gasteiger partial charge on any atom is -0.381 e. The summed E-state index contributed by atoms with van der Waals surface area (Å²) in [7, 11) is 1.46. The molecule has 0 radical (unpaired) electrons. The predicted octanol–water partition coefficient (Wildman–Crippen LogP) is 1.06. The Morgan fingerprint density at radius 3 is 2.17 bits per heavy atom. The molecule has 7 heteroatoms. The second kappa shape index (κ2) is 15.1. The molecule has 1 atom stereocenters. The van der Waals surface area contributed by atoms with E-state index in [1.165, 1.54) is 7.05 Å². The van der Waals surface area contributed by atoms with E-state index in [-0.39, 0.29) is 24.5 Å². The van der Waals surface area contributed by atoms with Gasteiger partial charge >= 0.3 is 0 Å². The molecule has 0 rings (SSSR count). The molecule has 0 aromatic carbocycles. The third-order valence-electron chi connectivity index (χ3n) is 3.32. The number of hydrogen-bond donors (Lipinski definition) is 2. The van der Waals surface area contributed by atoms with E-state index >= 15 is 0 Å². The SMILES string of the molecule is CCCOCCCC(=O)C(CC(=O)NCCOCCC)C(=O)NC. The van der Waals surface area contributed by atoms with E-state index in [9.17, 15) is 14.4 Å². The highest BCUT2D eigenvalue weighted by molar-refractivity contribution is 6.04. The first-order valence-corrected chi connectivity index (χ1v) is 8.73. The third-order valence-corrected chi connectivity index (χ3v) is 3.32. The summed E-state index contributed by atoms with van der Waals surface area (Å²) in [6.07, 6.45) is 2.50. The minimum atomic E-state index is -0.947. The number of ether oxygens (including phenoxy) is 2. The van der Waals surface area contributed by atoms with Crippen molar-refractivity contribution in [2.45, 2.75) is 46.0 Å². The van der Waals surface area contributed by atoms with Gasteiger partial charge in [-0.15, -0.1) is 0 Å². The molecule has 0 aliphatic rings. The van der Waals surface area contributed by atoms with Crippen LogP contribution < -0.4 is 10.6 Å². The van der Waals surface area contributed by atoms with Crippen LogP contribution in [0.5, 0.6) is 0 Å². The Labute approximate surface area is 144 Å². The summed E-state index contributed by atoms with van der Waals surface area (Å²) >= 11 is 0. The van der Waals surface area contributed by atoms with Gasteiger partial charge < -0.3 is 20.1 Å². The number of carbonyl (C=O) groups is 3. The van der Waals surface area contributed by atoms with Crippen LogP contribution in [0.3, 0.4) is 0 Å². The van der Waals surface area contributed by atoms with Crippen LogP contribution in [0.4, 0.5) is 0 Å². The molecule has 0 bridgehead atoms. The van der Waals surface area contributed by atoms with Crippen molar-refractivity contribution in [2.75, 3.05) is 40.0 Å². The molecule has 0 saturated heterocycles. The molecule has 0 aromatic heterocycles. The van der Waals surface area contributed by atoms with Crippen molar-refractivity contribution in [1.82, 2.24) is 10.6 Å². The van der Waals surface area contributed by atoms with Crippen molar-refractivity contribution >= 4 is 17.6 Å². The molecule has 24 heavy (non-hydrogen) atoms. The Bertz CT molecular complexity index is 374. The second-order valence-electron chi connectivity index (χ2n) is 5.52. The topological polar surface area (TPSA) is 93.7 Å². The smallest absolute Gasteiger partial charge is 0.230 e. The summed E-state index contributed by atoms with van der Waals surface area (Å²) in [6, 6.07) is 0. The van der Waals surface area contributed by atoms with Crippen molar-refractivity contribution in [3.8, 4) is 0 Å². The first-order chi connectivity index (χ1) is 11.6. The van der Waals surface area contributed by atoms with Gasteiger partial charge in [0.05, 0.1) is 6.61 Å². The summed E-state index contributed by atoms with van der Waals surface area (Å²) in [5.41, 5.74) is 0. The van der Waals surface area contributed by atoms with Gasteiger partial charge in [-0.05, 0) is 19.3 Å². The predicted molar refractivity (Wildman–Crippen MR) is 91.6 cm³/mol. The molecular weight excluding hydrogens is 312 g/mol. The van der Waals surface area contributed by atoms with E-state index in [1.54, 1.807) is 0 Å². The maximum absolute atomic E-state index is 12.2. The molecular formula is C17H32N2O5. The van der Waals surface area contributed by atoms with Crippen LogP contribution in [-0.4, -0.2) is 57.6 Å². The van der Waals surface area contributed by atoms with Gasteiger partial charge in [-0.1, -0.05) is 13.8 Å². The lowest BCUT2D eigenvalue weighted by Crippen LogP contribution is -2.38. The van der Waals surface area contributed by atoms with Crippen LogP contribution in [0, 0.1) is 5.92 Å². The van der Waals surface area contributed by atoms with Crippen molar-refractivity contribution in [3.63, 3.8) is 0 Å². The van der Waals surface area contributed by atoms with Crippen molar-refractivity contribution in [2.24, 2.45) is 5.92 Å². The Morgan fingerprint density at radius 2 is 1.58 bits per heavy atom. The zero-order valence-corrected chi connectivity index (χ0v) is 15.2. The van der Waals surface area contributed by atoms with Gasteiger partial charge in [0.1, 0.15) is 11.7 Å². The van der Waals surface area contributed by atoms with E-state index in [4.69, 9.17) is 9.47 Å². The summed E-state index contributed by atoms with van der Waals surface area (Å²) < 4.78 is 10.6. The molecule has 0 fully saturated rings. The fourth-order valence-electron chi connectivity index (χ4n) is 2.06. The molecule has 0 aromatic rings. The Morgan fingerprint density at radius 1 is 0.958 bits per heavy atom. The Hall–Kier alpha value is -1.47. The first-order valence-electron chi connectivity index (χ1n) is 8.73. The van der Waals surface area contributed by atoms with Crippen LogP contribution in [-0.2, 0) is 23.9 Å². The normalized spacial score (nSPS) is 11.8.